The SMILES string of the molecule is CCOC(=O)/C=C/c1ccc(O)c(F)c1F. The number of carbonyl (C=O) groups is 1. The summed E-state index contributed by atoms with van der Waals surface area (Å²) >= 11 is 0. The van der Waals surface area contributed by atoms with Crippen molar-refractivity contribution in [2.75, 3.05) is 6.61 Å². The van der Waals surface area contributed by atoms with Crippen molar-refractivity contribution in [1.82, 2.24) is 0 Å². The highest BCUT2D eigenvalue weighted by atomic mass is 19.2. The van der Waals surface area contributed by atoms with Crippen molar-refractivity contribution in [3.63, 3.8) is 0 Å². The number of halogens is 2. The van der Waals surface area contributed by atoms with Crippen LogP contribution in [0.15, 0.2) is 18.2 Å². The maximum atomic E-state index is 13.2. The van der Waals surface area contributed by atoms with Crippen molar-refractivity contribution >= 4 is 12.0 Å². The monoisotopic (exact) mass is 228 g/mol. The van der Waals surface area contributed by atoms with Gasteiger partial charge in [-0.2, -0.15) is 4.39 Å². The smallest absolute Gasteiger partial charge is 0.330 e. The van der Waals surface area contributed by atoms with Crippen LogP contribution < -0.4 is 0 Å². The van der Waals surface area contributed by atoms with Gasteiger partial charge < -0.3 is 9.84 Å². The van der Waals surface area contributed by atoms with Gasteiger partial charge in [-0.05, 0) is 25.1 Å². The number of phenolic OH excluding ortho intramolecular Hbond substituents is 1. The van der Waals surface area contributed by atoms with Crippen LogP contribution in [-0.4, -0.2) is 17.7 Å². The standard InChI is InChI=1S/C11H10F2O3/c1-2-16-9(15)6-4-7-3-5-8(14)11(13)10(7)12/h3-6,14H,2H2,1H3/b6-4+. The van der Waals surface area contributed by atoms with Gasteiger partial charge in [-0.25, -0.2) is 9.18 Å². The molecule has 1 N–H and O–H groups in total. The normalized spacial score (nSPS) is 10.7. The lowest BCUT2D eigenvalue weighted by Gasteiger charge is -2.00. The molecule has 5 heteroatoms. The van der Waals surface area contributed by atoms with Crippen LogP contribution >= 0.6 is 0 Å². The molecule has 0 unspecified atom stereocenters. The Bertz CT molecular complexity index is 427. The Morgan fingerprint density at radius 1 is 1.44 bits per heavy atom. The van der Waals surface area contributed by atoms with Crippen molar-refractivity contribution in [1.29, 1.82) is 0 Å². The summed E-state index contributed by atoms with van der Waals surface area (Å²) in [5.74, 6) is -3.97. The van der Waals surface area contributed by atoms with Crippen LogP contribution in [0.1, 0.15) is 12.5 Å². The van der Waals surface area contributed by atoms with E-state index in [9.17, 15) is 13.6 Å². The number of hydrogen-bond acceptors (Lipinski definition) is 3. The number of carbonyl (C=O) groups excluding carboxylic acids is 1. The summed E-state index contributed by atoms with van der Waals surface area (Å²) in [7, 11) is 0. The fourth-order valence-electron chi connectivity index (χ4n) is 1.03. The van der Waals surface area contributed by atoms with Crippen LogP contribution in [0.25, 0.3) is 6.08 Å². The van der Waals surface area contributed by atoms with Crippen LogP contribution in [0.3, 0.4) is 0 Å². The van der Waals surface area contributed by atoms with E-state index in [1.807, 2.05) is 0 Å². The van der Waals surface area contributed by atoms with E-state index in [1.54, 1.807) is 6.92 Å². The molecular formula is C11H10F2O3. The summed E-state index contributed by atoms with van der Waals surface area (Å²) in [4.78, 5) is 10.9. The number of hydrogen-bond donors (Lipinski definition) is 1. The molecule has 0 aliphatic carbocycles. The van der Waals surface area contributed by atoms with E-state index < -0.39 is 23.4 Å². The van der Waals surface area contributed by atoms with Crippen LogP contribution in [0, 0.1) is 11.6 Å². The zero-order chi connectivity index (χ0) is 12.1. The summed E-state index contributed by atoms with van der Waals surface area (Å²) in [6, 6.07) is 2.16. The fourth-order valence-corrected chi connectivity index (χ4v) is 1.03. The van der Waals surface area contributed by atoms with Gasteiger partial charge in [-0.3, -0.25) is 0 Å². The highest BCUT2D eigenvalue weighted by Gasteiger charge is 2.10. The van der Waals surface area contributed by atoms with Gasteiger partial charge in [0.2, 0.25) is 5.82 Å². The molecule has 0 saturated heterocycles. The van der Waals surface area contributed by atoms with Gasteiger partial charge >= 0.3 is 5.97 Å². The number of esters is 1. The Labute approximate surface area is 91.0 Å². The third kappa shape index (κ3) is 2.79. The third-order valence-electron chi connectivity index (χ3n) is 1.78. The number of rotatable bonds is 3. The van der Waals surface area contributed by atoms with Crippen LogP contribution in [-0.2, 0) is 9.53 Å². The Morgan fingerprint density at radius 3 is 2.75 bits per heavy atom. The van der Waals surface area contributed by atoms with E-state index in [1.165, 1.54) is 0 Å². The number of benzene rings is 1. The zero-order valence-electron chi connectivity index (χ0n) is 8.54. The Hall–Kier alpha value is -1.91. The van der Waals surface area contributed by atoms with Crippen molar-refractivity contribution in [2.45, 2.75) is 6.92 Å². The quantitative estimate of drug-likeness (QED) is 0.637. The number of aromatic hydroxyl groups is 1. The number of ether oxygens (including phenoxy) is 1. The van der Waals surface area contributed by atoms with Gasteiger partial charge in [0.1, 0.15) is 0 Å². The second-order valence-electron chi connectivity index (χ2n) is 2.89. The molecule has 0 bridgehead atoms. The van der Waals surface area contributed by atoms with Gasteiger partial charge in [0.15, 0.2) is 11.6 Å². The maximum Gasteiger partial charge on any atom is 0.330 e. The Balaban J connectivity index is 2.90. The first kappa shape index (κ1) is 12.2. The molecule has 0 aliphatic rings. The predicted molar refractivity (Wildman–Crippen MR) is 53.7 cm³/mol. The first-order valence-corrected chi connectivity index (χ1v) is 4.58. The molecule has 0 atom stereocenters. The third-order valence-corrected chi connectivity index (χ3v) is 1.78. The first-order chi connectivity index (χ1) is 7.56. The summed E-state index contributed by atoms with van der Waals surface area (Å²) in [5.41, 5.74) is -0.136. The van der Waals surface area contributed by atoms with Gasteiger partial charge in [0.25, 0.3) is 0 Å². The molecule has 0 aliphatic heterocycles. The van der Waals surface area contributed by atoms with Crippen LogP contribution in [0.2, 0.25) is 0 Å². The molecule has 3 nitrogen and oxygen atoms in total. The highest BCUT2D eigenvalue weighted by Crippen LogP contribution is 2.21. The Morgan fingerprint density at radius 2 is 2.12 bits per heavy atom. The molecule has 0 spiro atoms. The molecule has 16 heavy (non-hydrogen) atoms. The molecule has 0 fully saturated rings. The minimum atomic E-state index is -1.34. The number of phenols is 1. The largest absolute Gasteiger partial charge is 0.505 e. The van der Waals surface area contributed by atoms with Crippen molar-refractivity contribution in [2.24, 2.45) is 0 Å². The van der Waals surface area contributed by atoms with E-state index in [-0.39, 0.29) is 12.2 Å². The summed E-state index contributed by atoms with van der Waals surface area (Å²) < 4.78 is 30.6. The lowest BCUT2D eigenvalue weighted by atomic mass is 10.2. The molecule has 1 rings (SSSR count). The molecule has 0 saturated carbocycles. The second-order valence-corrected chi connectivity index (χ2v) is 2.89. The van der Waals surface area contributed by atoms with E-state index in [0.29, 0.717) is 0 Å². The highest BCUT2D eigenvalue weighted by molar-refractivity contribution is 5.87. The lowest BCUT2D eigenvalue weighted by Crippen LogP contribution is -1.99. The molecule has 1 aromatic carbocycles. The summed E-state index contributed by atoms with van der Waals surface area (Å²) in [5, 5.41) is 8.86. The van der Waals surface area contributed by atoms with E-state index in [2.05, 4.69) is 4.74 Å². The molecule has 0 radical (unpaired) electrons. The van der Waals surface area contributed by atoms with Crippen molar-refractivity contribution in [3.8, 4) is 5.75 Å². The van der Waals surface area contributed by atoms with Gasteiger partial charge in [-0.1, -0.05) is 0 Å². The van der Waals surface area contributed by atoms with Crippen LogP contribution in [0.5, 0.6) is 5.75 Å². The van der Waals surface area contributed by atoms with E-state index in [4.69, 9.17) is 5.11 Å². The molecule has 86 valence electrons. The summed E-state index contributed by atoms with van der Waals surface area (Å²) in [6.07, 6.45) is 2.06. The van der Waals surface area contributed by atoms with Gasteiger partial charge in [0, 0.05) is 11.6 Å². The van der Waals surface area contributed by atoms with Crippen molar-refractivity contribution in [3.05, 3.63) is 35.4 Å². The Kier molecular flexibility index (Phi) is 3.99. The molecule has 0 amide bonds. The predicted octanol–water partition coefficient (Wildman–Crippen LogP) is 2.25. The average molecular weight is 228 g/mol. The summed E-state index contributed by atoms with van der Waals surface area (Å²) in [6.45, 7) is 1.84. The van der Waals surface area contributed by atoms with E-state index >= 15 is 0 Å². The van der Waals surface area contributed by atoms with E-state index in [0.717, 1.165) is 24.3 Å². The molecule has 0 aromatic heterocycles. The lowest BCUT2D eigenvalue weighted by molar-refractivity contribution is -0.137. The van der Waals surface area contributed by atoms with Crippen LogP contribution in [0.4, 0.5) is 8.78 Å². The average Bonchev–Trinajstić information content (AvgIpc) is 2.25. The second kappa shape index (κ2) is 5.25. The minimum absolute atomic E-state index is 0.136. The molecule has 0 heterocycles. The fraction of sp³-hybridized carbons (Fsp3) is 0.182. The molecule has 1 aromatic rings. The molecular weight excluding hydrogens is 218 g/mol. The zero-order valence-corrected chi connectivity index (χ0v) is 8.54. The van der Waals surface area contributed by atoms with Gasteiger partial charge in [-0.15, -0.1) is 0 Å². The maximum absolute atomic E-state index is 13.2. The van der Waals surface area contributed by atoms with Gasteiger partial charge in [0.05, 0.1) is 6.61 Å². The topological polar surface area (TPSA) is 46.5 Å². The first-order valence-electron chi connectivity index (χ1n) is 4.58. The van der Waals surface area contributed by atoms with Crippen molar-refractivity contribution < 1.29 is 23.4 Å². The minimum Gasteiger partial charge on any atom is -0.505 e.